The molecule has 1 saturated heterocycles. The van der Waals surface area contributed by atoms with E-state index in [1.165, 1.54) is 37.1 Å². The van der Waals surface area contributed by atoms with Crippen molar-refractivity contribution in [3.8, 4) is 0 Å². The van der Waals surface area contributed by atoms with E-state index in [-0.39, 0.29) is 0 Å². The van der Waals surface area contributed by atoms with E-state index in [0.717, 1.165) is 18.7 Å². The Labute approximate surface area is 114 Å². The summed E-state index contributed by atoms with van der Waals surface area (Å²) in [6, 6.07) is 4.17. The van der Waals surface area contributed by atoms with E-state index in [4.69, 9.17) is 0 Å². The summed E-state index contributed by atoms with van der Waals surface area (Å²) >= 11 is 0. The Morgan fingerprint density at radius 1 is 1.16 bits per heavy atom. The Kier molecular flexibility index (Phi) is 3.53. The number of piperazine rings is 1. The minimum atomic E-state index is 1.03. The molecule has 0 N–H and O–H groups in total. The highest BCUT2D eigenvalue weighted by molar-refractivity contribution is 5.79. The molecule has 19 heavy (non-hydrogen) atoms. The normalized spacial score (nSPS) is 18.2. The summed E-state index contributed by atoms with van der Waals surface area (Å²) in [6.07, 6.45) is 4.11. The average molecular weight is 258 g/mol. The Bertz CT molecular complexity index is 552. The van der Waals surface area contributed by atoms with Gasteiger partial charge in [0, 0.05) is 57.0 Å². The van der Waals surface area contributed by atoms with Crippen molar-refractivity contribution in [1.82, 2.24) is 19.4 Å². The van der Waals surface area contributed by atoms with Gasteiger partial charge >= 0.3 is 0 Å². The van der Waals surface area contributed by atoms with Crippen molar-refractivity contribution in [3.63, 3.8) is 0 Å². The van der Waals surface area contributed by atoms with Crippen molar-refractivity contribution in [2.75, 3.05) is 39.8 Å². The molecule has 0 saturated carbocycles. The monoisotopic (exact) mass is 258 g/mol. The van der Waals surface area contributed by atoms with Gasteiger partial charge in [-0.3, -0.25) is 4.90 Å². The van der Waals surface area contributed by atoms with Gasteiger partial charge in [0.2, 0.25) is 0 Å². The SMILES string of the molecule is Cc1cn(CCN2CCN(C)CC2)c2ncccc12. The minimum Gasteiger partial charge on any atom is -0.331 e. The maximum atomic E-state index is 4.51. The highest BCUT2D eigenvalue weighted by Gasteiger charge is 2.14. The molecule has 1 aliphatic heterocycles. The van der Waals surface area contributed by atoms with Crippen molar-refractivity contribution in [2.24, 2.45) is 0 Å². The van der Waals surface area contributed by atoms with E-state index in [2.05, 4.69) is 45.6 Å². The molecule has 4 nitrogen and oxygen atoms in total. The van der Waals surface area contributed by atoms with Crippen LogP contribution in [0.15, 0.2) is 24.5 Å². The molecule has 102 valence electrons. The van der Waals surface area contributed by atoms with Crippen LogP contribution in [0.3, 0.4) is 0 Å². The third-order valence-corrected chi connectivity index (χ3v) is 4.09. The third kappa shape index (κ3) is 2.65. The number of aromatic nitrogens is 2. The van der Waals surface area contributed by atoms with Gasteiger partial charge in [0.25, 0.3) is 0 Å². The van der Waals surface area contributed by atoms with Crippen LogP contribution in [0.4, 0.5) is 0 Å². The van der Waals surface area contributed by atoms with Gasteiger partial charge < -0.3 is 9.47 Å². The van der Waals surface area contributed by atoms with E-state index in [1.54, 1.807) is 0 Å². The van der Waals surface area contributed by atoms with Gasteiger partial charge in [-0.15, -0.1) is 0 Å². The van der Waals surface area contributed by atoms with Crippen LogP contribution in [0.1, 0.15) is 5.56 Å². The Morgan fingerprint density at radius 3 is 2.74 bits per heavy atom. The lowest BCUT2D eigenvalue weighted by Gasteiger charge is -2.32. The smallest absolute Gasteiger partial charge is 0.140 e. The fraction of sp³-hybridized carbons (Fsp3) is 0.533. The Hall–Kier alpha value is -1.39. The number of fused-ring (bicyclic) bond motifs is 1. The predicted octanol–water partition coefficient (Wildman–Crippen LogP) is 1.59. The van der Waals surface area contributed by atoms with Crippen molar-refractivity contribution in [3.05, 3.63) is 30.1 Å². The van der Waals surface area contributed by atoms with Crippen molar-refractivity contribution >= 4 is 11.0 Å². The summed E-state index contributed by atoms with van der Waals surface area (Å²) in [6.45, 7) is 9.05. The van der Waals surface area contributed by atoms with E-state index in [0.29, 0.717) is 0 Å². The molecule has 2 aromatic heterocycles. The number of aryl methyl sites for hydroxylation is 1. The zero-order valence-corrected chi connectivity index (χ0v) is 11.8. The van der Waals surface area contributed by atoms with Gasteiger partial charge in [-0.1, -0.05) is 0 Å². The summed E-state index contributed by atoms with van der Waals surface area (Å²) in [5.74, 6) is 0. The first kappa shape index (κ1) is 12.6. The number of pyridine rings is 1. The second kappa shape index (κ2) is 5.31. The van der Waals surface area contributed by atoms with Gasteiger partial charge in [0.05, 0.1) is 0 Å². The van der Waals surface area contributed by atoms with Crippen LogP contribution in [0.25, 0.3) is 11.0 Å². The van der Waals surface area contributed by atoms with Crippen molar-refractivity contribution in [1.29, 1.82) is 0 Å². The number of likely N-dealkylation sites (N-methyl/N-ethyl adjacent to an activating group) is 1. The molecule has 3 rings (SSSR count). The first-order valence-corrected chi connectivity index (χ1v) is 7.05. The number of hydrogen-bond donors (Lipinski definition) is 0. The maximum Gasteiger partial charge on any atom is 0.140 e. The molecular weight excluding hydrogens is 236 g/mol. The quantitative estimate of drug-likeness (QED) is 0.835. The predicted molar refractivity (Wildman–Crippen MR) is 78.4 cm³/mol. The third-order valence-electron chi connectivity index (χ3n) is 4.09. The minimum absolute atomic E-state index is 1.03. The van der Waals surface area contributed by atoms with Crippen LogP contribution >= 0.6 is 0 Å². The first-order valence-electron chi connectivity index (χ1n) is 7.05. The number of hydrogen-bond acceptors (Lipinski definition) is 3. The molecule has 3 heterocycles. The van der Waals surface area contributed by atoms with Crippen LogP contribution < -0.4 is 0 Å². The molecule has 0 spiro atoms. The molecule has 0 bridgehead atoms. The number of rotatable bonds is 3. The maximum absolute atomic E-state index is 4.51. The van der Waals surface area contributed by atoms with E-state index >= 15 is 0 Å². The molecule has 0 amide bonds. The number of nitrogens with zero attached hydrogens (tertiary/aromatic N) is 4. The Morgan fingerprint density at radius 2 is 1.95 bits per heavy atom. The molecule has 4 heteroatoms. The zero-order valence-electron chi connectivity index (χ0n) is 11.8. The van der Waals surface area contributed by atoms with Crippen molar-refractivity contribution in [2.45, 2.75) is 13.5 Å². The van der Waals surface area contributed by atoms with Gasteiger partial charge in [-0.2, -0.15) is 0 Å². The van der Waals surface area contributed by atoms with Gasteiger partial charge in [-0.25, -0.2) is 4.98 Å². The highest BCUT2D eigenvalue weighted by atomic mass is 15.3. The molecule has 0 radical (unpaired) electrons. The van der Waals surface area contributed by atoms with Crippen LogP contribution in [0, 0.1) is 6.92 Å². The largest absolute Gasteiger partial charge is 0.331 e. The van der Waals surface area contributed by atoms with E-state index in [1.807, 2.05) is 12.3 Å². The summed E-state index contributed by atoms with van der Waals surface area (Å²) in [5.41, 5.74) is 2.44. The van der Waals surface area contributed by atoms with Gasteiger partial charge in [-0.05, 0) is 31.7 Å². The summed E-state index contributed by atoms with van der Waals surface area (Å²) in [4.78, 5) is 9.46. The topological polar surface area (TPSA) is 24.3 Å². The summed E-state index contributed by atoms with van der Waals surface area (Å²) in [7, 11) is 2.20. The lowest BCUT2D eigenvalue weighted by molar-refractivity contribution is 0.150. The van der Waals surface area contributed by atoms with Gasteiger partial charge in [0.1, 0.15) is 5.65 Å². The second-order valence-electron chi connectivity index (χ2n) is 5.52. The second-order valence-corrected chi connectivity index (χ2v) is 5.52. The van der Waals surface area contributed by atoms with Crippen molar-refractivity contribution < 1.29 is 0 Å². The molecule has 0 atom stereocenters. The van der Waals surface area contributed by atoms with E-state index < -0.39 is 0 Å². The summed E-state index contributed by atoms with van der Waals surface area (Å²) < 4.78 is 2.29. The molecule has 0 unspecified atom stereocenters. The van der Waals surface area contributed by atoms with Gasteiger partial charge in [0.15, 0.2) is 0 Å². The molecule has 0 aliphatic carbocycles. The molecule has 1 aliphatic rings. The average Bonchev–Trinajstić information content (AvgIpc) is 2.76. The molecular formula is C15H22N4. The highest BCUT2D eigenvalue weighted by Crippen LogP contribution is 2.18. The molecule has 1 fully saturated rings. The molecule has 0 aromatic carbocycles. The van der Waals surface area contributed by atoms with Crippen LogP contribution in [0.5, 0.6) is 0 Å². The Balaban J connectivity index is 1.69. The van der Waals surface area contributed by atoms with Crippen LogP contribution in [-0.2, 0) is 6.54 Å². The fourth-order valence-electron chi connectivity index (χ4n) is 2.79. The van der Waals surface area contributed by atoms with E-state index in [9.17, 15) is 0 Å². The van der Waals surface area contributed by atoms with Crippen LogP contribution in [0.2, 0.25) is 0 Å². The lowest BCUT2D eigenvalue weighted by Crippen LogP contribution is -2.45. The zero-order chi connectivity index (χ0) is 13.2. The first-order chi connectivity index (χ1) is 9.24. The fourth-order valence-corrected chi connectivity index (χ4v) is 2.79. The lowest BCUT2D eigenvalue weighted by atomic mass is 10.2. The molecule has 2 aromatic rings. The standard InChI is InChI=1S/C15H22N4/c1-13-12-19(15-14(13)4-3-5-16-15)11-10-18-8-6-17(2)7-9-18/h3-5,12H,6-11H2,1-2H3. The van der Waals surface area contributed by atoms with Crippen LogP contribution in [-0.4, -0.2) is 59.1 Å². The summed E-state index contributed by atoms with van der Waals surface area (Å²) in [5, 5.41) is 1.28.